The van der Waals surface area contributed by atoms with Crippen LogP contribution in [0, 0.1) is 11.8 Å². The van der Waals surface area contributed by atoms with E-state index in [0.717, 1.165) is 19.6 Å². The molecule has 0 saturated carbocycles. The lowest BCUT2D eigenvalue weighted by Gasteiger charge is -2.29. The molecule has 0 aliphatic carbocycles. The van der Waals surface area contributed by atoms with Crippen molar-refractivity contribution in [3.8, 4) is 0 Å². The summed E-state index contributed by atoms with van der Waals surface area (Å²) >= 11 is 0. The van der Waals surface area contributed by atoms with Gasteiger partial charge in [0.15, 0.2) is 0 Å². The van der Waals surface area contributed by atoms with E-state index in [1.54, 1.807) is 0 Å². The van der Waals surface area contributed by atoms with Gasteiger partial charge in [0, 0.05) is 30.9 Å². The normalized spacial score (nSPS) is 12.2. The molecule has 0 amide bonds. The van der Waals surface area contributed by atoms with Crippen molar-refractivity contribution in [2.75, 3.05) is 18.0 Å². The van der Waals surface area contributed by atoms with Crippen molar-refractivity contribution < 1.29 is 0 Å². The van der Waals surface area contributed by atoms with E-state index in [9.17, 15) is 0 Å². The number of nitrogens with one attached hydrogen (secondary N) is 1. The molecular formula is C19H34N2. The van der Waals surface area contributed by atoms with Gasteiger partial charge in [0.1, 0.15) is 0 Å². The molecule has 0 unspecified atom stereocenters. The Bertz CT molecular complexity index is 389. The van der Waals surface area contributed by atoms with Crippen LogP contribution in [-0.2, 0) is 6.54 Å². The SMILES string of the molecule is CC(C)CN(CC(C)C)c1ccc(CNC(C)(C)C)cc1. The quantitative estimate of drug-likeness (QED) is 0.783. The number of hydrogen-bond acceptors (Lipinski definition) is 2. The van der Waals surface area contributed by atoms with E-state index in [0.29, 0.717) is 11.8 Å². The molecule has 0 aliphatic rings. The van der Waals surface area contributed by atoms with Crippen LogP contribution in [0.4, 0.5) is 5.69 Å². The third-order valence-corrected chi connectivity index (χ3v) is 3.30. The average Bonchev–Trinajstić information content (AvgIpc) is 2.34. The molecule has 0 radical (unpaired) electrons. The highest BCUT2D eigenvalue weighted by atomic mass is 15.1. The highest BCUT2D eigenvalue weighted by molar-refractivity contribution is 5.47. The third kappa shape index (κ3) is 7.52. The summed E-state index contributed by atoms with van der Waals surface area (Å²) < 4.78 is 0. The Morgan fingerprint density at radius 1 is 0.905 bits per heavy atom. The first kappa shape index (κ1) is 18.0. The topological polar surface area (TPSA) is 15.3 Å². The summed E-state index contributed by atoms with van der Waals surface area (Å²) in [5, 5.41) is 3.54. The molecule has 0 aliphatic heterocycles. The maximum atomic E-state index is 3.54. The fourth-order valence-electron chi connectivity index (χ4n) is 2.36. The van der Waals surface area contributed by atoms with E-state index in [1.165, 1.54) is 11.3 Å². The fraction of sp³-hybridized carbons (Fsp3) is 0.684. The van der Waals surface area contributed by atoms with Crippen molar-refractivity contribution in [3.05, 3.63) is 29.8 Å². The molecule has 21 heavy (non-hydrogen) atoms. The van der Waals surface area contributed by atoms with Crippen LogP contribution in [0.1, 0.15) is 54.0 Å². The minimum atomic E-state index is 0.167. The zero-order valence-electron chi connectivity index (χ0n) is 15.0. The van der Waals surface area contributed by atoms with Gasteiger partial charge < -0.3 is 10.2 Å². The zero-order chi connectivity index (χ0) is 16.0. The summed E-state index contributed by atoms with van der Waals surface area (Å²) in [6.45, 7) is 18.9. The Labute approximate surface area is 131 Å². The molecule has 1 aromatic rings. The van der Waals surface area contributed by atoms with Crippen LogP contribution in [0.25, 0.3) is 0 Å². The monoisotopic (exact) mass is 290 g/mol. The molecular weight excluding hydrogens is 256 g/mol. The molecule has 2 nitrogen and oxygen atoms in total. The second-order valence-corrected chi connectivity index (χ2v) is 7.96. The highest BCUT2D eigenvalue weighted by Crippen LogP contribution is 2.19. The van der Waals surface area contributed by atoms with Gasteiger partial charge in [-0.05, 0) is 50.3 Å². The van der Waals surface area contributed by atoms with E-state index >= 15 is 0 Å². The van der Waals surface area contributed by atoms with E-state index in [-0.39, 0.29) is 5.54 Å². The number of benzene rings is 1. The molecule has 1 aromatic carbocycles. The van der Waals surface area contributed by atoms with Gasteiger partial charge >= 0.3 is 0 Å². The smallest absolute Gasteiger partial charge is 0.0366 e. The molecule has 0 fully saturated rings. The first-order valence-corrected chi connectivity index (χ1v) is 8.26. The summed E-state index contributed by atoms with van der Waals surface area (Å²) in [7, 11) is 0. The second kappa shape index (κ2) is 7.84. The van der Waals surface area contributed by atoms with Crippen LogP contribution in [-0.4, -0.2) is 18.6 Å². The molecule has 0 heterocycles. The number of hydrogen-bond donors (Lipinski definition) is 1. The second-order valence-electron chi connectivity index (χ2n) is 7.96. The molecule has 0 spiro atoms. The van der Waals surface area contributed by atoms with Crippen LogP contribution < -0.4 is 10.2 Å². The Morgan fingerprint density at radius 2 is 1.38 bits per heavy atom. The lowest BCUT2D eigenvalue weighted by atomic mass is 10.1. The van der Waals surface area contributed by atoms with Gasteiger partial charge in [0.25, 0.3) is 0 Å². The molecule has 0 atom stereocenters. The minimum absolute atomic E-state index is 0.167. The van der Waals surface area contributed by atoms with Gasteiger partial charge in [0.05, 0.1) is 0 Å². The van der Waals surface area contributed by atoms with Crippen molar-refractivity contribution in [1.29, 1.82) is 0 Å². The molecule has 0 saturated heterocycles. The number of nitrogens with zero attached hydrogens (tertiary/aromatic N) is 1. The van der Waals surface area contributed by atoms with Gasteiger partial charge in [-0.1, -0.05) is 39.8 Å². The third-order valence-electron chi connectivity index (χ3n) is 3.30. The molecule has 1 rings (SSSR count). The van der Waals surface area contributed by atoms with E-state index < -0.39 is 0 Å². The minimum Gasteiger partial charge on any atom is -0.371 e. The van der Waals surface area contributed by atoms with Crippen molar-refractivity contribution >= 4 is 5.69 Å². The molecule has 0 aromatic heterocycles. The summed E-state index contributed by atoms with van der Waals surface area (Å²) in [6.07, 6.45) is 0. The van der Waals surface area contributed by atoms with Crippen molar-refractivity contribution in [1.82, 2.24) is 5.32 Å². The van der Waals surface area contributed by atoms with Gasteiger partial charge in [-0.15, -0.1) is 0 Å². The highest BCUT2D eigenvalue weighted by Gasteiger charge is 2.11. The molecule has 1 N–H and O–H groups in total. The van der Waals surface area contributed by atoms with Crippen molar-refractivity contribution in [2.24, 2.45) is 11.8 Å². The lowest BCUT2D eigenvalue weighted by Crippen LogP contribution is -2.35. The Kier molecular flexibility index (Phi) is 6.73. The van der Waals surface area contributed by atoms with E-state index in [2.05, 4.69) is 82.9 Å². The van der Waals surface area contributed by atoms with Gasteiger partial charge in [-0.2, -0.15) is 0 Å². The first-order chi connectivity index (χ1) is 9.67. The molecule has 120 valence electrons. The molecule has 0 bridgehead atoms. The van der Waals surface area contributed by atoms with Crippen LogP contribution in [0.2, 0.25) is 0 Å². The lowest BCUT2D eigenvalue weighted by molar-refractivity contribution is 0.424. The summed E-state index contributed by atoms with van der Waals surface area (Å²) in [5.41, 5.74) is 2.86. The maximum Gasteiger partial charge on any atom is 0.0366 e. The maximum absolute atomic E-state index is 3.54. The van der Waals surface area contributed by atoms with E-state index in [1.807, 2.05) is 0 Å². The zero-order valence-corrected chi connectivity index (χ0v) is 15.0. The first-order valence-electron chi connectivity index (χ1n) is 8.26. The van der Waals surface area contributed by atoms with Crippen LogP contribution >= 0.6 is 0 Å². The summed E-state index contributed by atoms with van der Waals surface area (Å²) in [6, 6.07) is 9.04. The standard InChI is InChI=1S/C19H34N2/c1-15(2)13-21(14-16(3)4)18-10-8-17(9-11-18)12-20-19(5,6)7/h8-11,15-16,20H,12-14H2,1-7H3. The number of anilines is 1. The Morgan fingerprint density at radius 3 is 1.76 bits per heavy atom. The van der Waals surface area contributed by atoms with E-state index in [4.69, 9.17) is 0 Å². The van der Waals surface area contributed by atoms with Gasteiger partial charge in [-0.3, -0.25) is 0 Å². The average molecular weight is 290 g/mol. The summed E-state index contributed by atoms with van der Waals surface area (Å²) in [4.78, 5) is 2.51. The van der Waals surface area contributed by atoms with Crippen molar-refractivity contribution in [2.45, 2.75) is 60.5 Å². The van der Waals surface area contributed by atoms with Crippen LogP contribution in [0.3, 0.4) is 0 Å². The van der Waals surface area contributed by atoms with Crippen LogP contribution in [0.15, 0.2) is 24.3 Å². The van der Waals surface area contributed by atoms with Gasteiger partial charge in [0.2, 0.25) is 0 Å². The Balaban J connectivity index is 2.72. The van der Waals surface area contributed by atoms with Gasteiger partial charge in [-0.25, -0.2) is 0 Å². The largest absolute Gasteiger partial charge is 0.371 e. The Hall–Kier alpha value is -1.02. The van der Waals surface area contributed by atoms with Crippen LogP contribution in [0.5, 0.6) is 0 Å². The fourth-order valence-corrected chi connectivity index (χ4v) is 2.36. The van der Waals surface area contributed by atoms with Crippen molar-refractivity contribution in [3.63, 3.8) is 0 Å². The molecule has 2 heteroatoms. The predicted octanol–water partition coefficient (Wildman–Crippen LogP) is 4.69. The summed E-state index contributed by atoms with van der Waals surface area (Å²) in [5.74, 6) is 1.37. The number of rotatable bonds is 7. The predicted molar refractivity (Wildman–Crippen MR) is 94.9 cm³/mol.